The second-order valence-corrected chi connectivity index (χ2v) is 12.1. The third-order valence-electron chi connectivity index (χ3n) is 6.15. The first-order valence-electron chi connectivity index (χ1n) is 12.4. The summed E-state index contributed by atoms with van der Waals surface area (Å²) in [6, 6.07) is 8.77. The van der Waals surface area contributed by atoms with Crippen LogP contribution in [0.4, 0.5) is 11.4 Å². The van der Waals surface area contributed by atoms with E-state index in [9.17, 15) is 13.2 Å². The number of nitrogens with zero attached hydrogens (tertiary/aromatic N) is 4. The Morgan fingerprint density at radius 1 is 1.15 bits per heavy atom. The number of hydrogen-bond acceptors (Lipinski definition) is 7. The van der Waals surface area contributed by atoms with E-state index in [1.807, 2.05) is 40.7 Å². The molecule has 0 saturated heterocycles. The maximum absolute atomic E-state index is 13.4. The molecule has 4 aromatic rings. The molecule has 0 spiro atoms. The van der Waals surface area contributed by atoms with E-state index in [-0.39, 0.29) is 29.3 Å². The van der Waals surface area contributed by atoms with Crippen molar-refractivity contribution < 1.29 is 17.9 Å². The minimum absolute atomic E-state index is 0. The Morgan fingerprint density at radius 2 is 1.85 bits per heavy atom. The van der Waals surface area contributed by atoms with Gasteiger partial charge in [0.1, 0.15) is 11.5 Å². The molecule has 0 atom stereocenters. The number of carbonyl (C=O) groups is 1. The minimum atomic E-state index is -3.59. The van der Waals surface area contributed by atoms with E-state index in [0.29, 0.717) is 22.6 Å². The normalized spacial score (nSPS) is 11.6. The van der Waals surface area contributed by atoms with Crippen molar-refractivity contribution in [3.05, 3.63) is 65.2 Å². The predicted octanol–water partition coefficient (Wildman–Crippen LogP) is 4.88. The van der Waals surface area contributed by atoms with E-state index in [2.05, 4.69) is 30.3 Å². The van der Waals surface area contributed by atoms with Crippen molar-refractivity contribution in [1.82, 2.24) is 25.0 Å². The lowest BCUT2D eigenvalue weighted by Crippen LogP contribution is -2.18. The first-order valence-corrected chi connectivity index (χ1v) is 14.3. The average molecular weight is 588 g/mol. The standard InChI is InChI=1S/C27H33N7O4S.ClH/c1-8-24-28-14-21(29-24)22-15-34(33-31-22)23-11-17(10-9-16(23)2)26(35)30-19-12-18(27(3,4)5)13-20(25(19)38-6)32-39(7,36)37;/h9-15,32H,8H2,1-7H3,(H,28,29)(H,30,35);1H. The fourth-order valence-corrected chi connectivity index (χ4v) is 4.57. The first-order chi connectivity index (χ1) is 18.3. The van der Waals surface area contributed by atoms with Crippen LogP contribution in [0.3, 0.4) is 0 Å². The topological polar surface area (TPSA) is 144 Å². The molecule has 0 unspecified atom stereocenters. The number of aromatic nitrogens is 5. The molecule has 4 rings (SSSR count). The Balaban J connectivity index is 0.00000441. The van der Waals surface area contributed by atoms with Crippen LogP contribution in [0.15, 0.2) is 42.7 Å². The van der Waals surface area contributed by atoms with Gasteiger partial charge in [0.25, 0.3) is 5.91 Å². The molecule has 3 N–H and O–H groups in total. The molecule has 0 radical (unpaired) electrons. The van der Waals surface area contributed by atoms with Gasteiger partial charge in [-0.15, -0.1) is 17.5 Å². The van der Waals surface area contributed by atoms with Gasteiger partial charge < -0.3 is 15.0 Å². The van der Waals surface area contributed by atoms with Crippen LogP contribution in [0.25, 0.3) is 17.1 Å². The summed E-state index contributed by atoms with van der Waals surface area (Å²) in [5.41, 5.74) is 4.43. The van der Waals surface area contributed by atoms with E-state index in [0.717, 1.165) is 35.3 Å². The van der Waals surface area contributed by atoms with Crippen LogP contribution in [0.1, 0.15) is 55.0 Å². The SMILES string of the molecule is CCc1ncc(-c2cn(-c3cc(C(=O)Nc4cc(C(C)(C)C)cc(NS(C)(=O)=O)c4OC)ccc3C)nn2)[nH]1.Cl. The van der Waals surface area contributed by atoms with Gasteiger partial charge in [0, 0.05) is 12.0 Å². The number of aromatic amines is 1. The second-order valence-electron chi connectivity index (χ2n) is 10.3. The van der Waals surface area contributed by atoms with E-state index in [1.54, 1.807) is 41.3 Å². The van der Waals surface area contributed by atoms with Crippen LogP contribution in [-0.2, 0) is 21.9 Å². The Labute approximate surface area is 240 Å². The van der Waals surface area contributed by atoms with Gasteiger partial charge in [-0.2, -0.15) is 0 Å². The van der Waals surface area contributed by atoms with E-state index < -0.39 is 15.9 Å². The summed E-state index contributed by atoms with van der Waals surface area (Å²) in [4.78, 5) is 21.0. The molecule has 2 aromatic carbocycles. The summed E-state index contributed by atoms with van der Waals surface area (Å²) >= 11 is 0. The number of anilines is 2. The number of halogens is 1. The quantitative estimate of drug-likeness (QED) is 0.266. The van der Waals surface area contributed by atoms with Crippen molar-refractivity contribution in [3.8, 4) is 22.8 Å². The van der Waals surface area contributed by atoms with E-state index in [4.69, 9.17) is 4.74 Å². The molecular formula is C27H34ClN7O4S. The lowest BCUT2D eigenvalue weighted by atomic mass is 9.86. The van der Waals surface area contributed by atoms with Crippen molar-refractivity contribution in [3.63, 3.8) is 0 Å². The molecule has 0 bridgehead atoms. The Morgan fingerprint density at radius 3 is 2.45 bits per heavy atom. The number of ether oxygens (including phenoxy) is 1. The van der Waals surface area contributed by atoms with Crippen LogP contribution in [0.5, 0.6) is 5.75 Å². The molecule has 13 heteroatoms. The molecule has 40 heavy (non-hydrogen) atoms. The molecular weight excluding hydrogens is 554 g/mol. The van der Waals surface area contributed by atoms with E-state index in [1.165, 1.54) is 7.11 Å². The van der Waals surface area contributed by atoms with Gasteiger partial charge in [0.15, 0.2) is 5.75 Å². The fourth-order valence-electron chi connectivity index (χ4n) is 4.02. The molecule has 0 saturated carbocycles. The van der Waals surface area contributed by atoms with Crippen molar-refractivity contribution in [2.75, 3.05) is 23.4 Å². The number of H-pyrrole nitrogens is 1. The summed E-state index contributed by atoms with van der Waals surface area (Å²) in [7, 11) is -2.17. The van der Waals surface area contributed by atoms with Gasteiger partial charge in [-0.05, 0) is 47.7 Å². The van der Waals surface area contributed by atoms with Crippen LogP contribution in [0.2, 0.25) is 0 Å². The number of benzene rings is 2. The third kappa shape index (κ3) is 6.80. The number of aryl methyl sites for hydroxylation is 2. The molecule has 0 aliphatic heterocycles. The number of rotatable bonds is 8. The first kappa shape index (κ1) is 30.6. The summed E-state index contributed by atoms with van der Waals surface area (Å²) < 4.78 is 33.7. The maximum atomic E-state index is 13.4. The summed E-state index contributed by atoms with van der Waals surface area (Å²) in [6.45, 7) is 9.92. The highest BCUT2D eigenvalue weighted by Crippen LogP contribution is 2.39. The van der Waals surface area contributed by atoms with Gasteiger partial charge in [-0.25, -0.2) is 18.1 Å². The van der Waals surface area contributed by atoms with Crippen LogP contribution in [0, 0.1) is 6.92 Å². The summed E-state index contributed by atoms with van der Waals surface area (Å²) in [5.74, 6) is 0.670. The molecule has 1 amide bonds. The molecule has 2 aromatic heterocycles. The zero-order valence-electron chi connectivity index (χ0n) is 23.5. The van der Waals surface area contributed by atoms with Gasteiger partial charge >= 0.3 is 0 Å². The smallest absolute Gasteiger partial charge is 0.255 e. The lowest BCUT2D eigenvalue weighted by molar-refractivity contribution is 0.102. The highest BCUT2D eigenvalue weighted by Gasteiger charge is 2.23. The van der Waals surface area contributed by atoms with Crippen molar-refractivity contribution >= 4 is 39.7 Å². The van der Waals surface area contributed by atoms with Crippen LogP contribution < -0.4 is 14.8 Å². The van der Waals surface area contributed by atoms with Crippen molar-refractivity contribution in [2.24, 2.45) is 0 Å². The molecule has 11 nitrogen and oxygen atoms in total. The number of nitrogens with one attached hydrogen (secondary N) is 3. The Bertz CT molecular complexity index is 1640. The van der Waals surface area contributed by atoms with Gasteiger partial charge in [-0.1, -0.05) is 39.0 Å². The van der Waals surface area contributed by atoms with Crippen LogP contribution >= 0.6 is 12.4 Å². The molecule has 0 aliphatic rings. The summed E-state index contributed by atoms with van der Waals surface area (Å²) in [5, 5.41) is 11.4. The molecule has 214 valence electrons. The highest BCUT2D eigenvalue weighted by atomic mass is 35.5. The Kier molecular flexibility index (Phi) is 8.95. The van der Waals surface area contributed by atoms with Crippen molar-refractivity contribution in [1.29, 1.82) is 0 Å². The summed E-state index contributed by atoms with van der Waals surface area (Å²) in [6.07, 6.45) is 5.33. The largest absolute Gasteiger partial charge is 0.492 e. The van der Waals surface area contributed by atoms with Gasteiger partial charge in [0.05, 0.1) is 48.5 Å². The number of carbonyl (C=O) groups excluding carboxylic acids is 1. The lowest BCUT2D eigenvalue weighted by Gasteiger charge is -2.24. The van der Waals surface area contributed by atoms with Gasteiger partial charge in [-0.3, -0.25) is 9.52 Å². The van der Waals surface area contributed by atoms with Gasteiger partial charge in [0.2, 0.25) is 10.0 Å². The number of hydrogen-bond donors (Lipinski definition) is 3. The Hall–Kier alpha value is -3.90. The zero-order chi connectivity index (χ0) is 28.5. The number of amides is 1. The highest BCUT2D eigenvalue weighted by molar-refractivity contribution is 7.92. The minimum Gasteiger partial charge on any atom is -0.492 e. The van der Waals surface area contributed by atoms with Crippen LogP contribution in [-0.4, -0.2) is 52.7 Å². The molecule has 0 fully saturated rings. The monoisotopic (exact) mass is 587 g/mol. The predicted molar refractivity (Wildman–Crippen MR) is 158 cm³/mol. The number of sulfonamides is 1. The third-order valence-corrected chi connectivity index (χ3v) is 6.74. The number of methoxy groups -OCH3 is 1. The molecule has 0 aliphatic carbocycles. The average Bonchev–Trinajstić information content (AvgIpc) is 3.52. The maximum Gasteiger partial charge on any atom is 0.255 e. The zero-order valence-corrected chi connectivity index (χ0v) is 25.1. The van der Waals surface area contributed by atoms with E-state index >= 15 is 0 Å². The fraction of sp³-hybridized carbons (Fsp3) is 0.333. The molecule has 2 heterocycles. The second kappa shape index (κ2) is 11.7. The number of imidazole rings is 1. The van der Waals surface area contributed by atoms with Crippen molar-refractivity contribution in [2.45, 2.75) is 46.5 Å².